The Balaban J connectivity index is 3.26. The van der Waals surface area contributed by atoms with Gasteiger partial charge in [-0.25, -0.2) is 9.78 Å². The molecule has 11 heavy (non-hydrogen) atoms. The van der Waals surface area contributed by atoms with Crippen molar-refractivity contribution in [2.24, 2.45) is 0 Å². The van der Waals surface area contributed by atoms with E-state index in [4.69, 9.17) is 0 Å². The predicted molar refractivity (Wildman–Crippen MR) is 43.5 cm³/mol. The highest BCUT2D eigenvalue weighted by molar-refractivity contribution is 4.86. The van der Waals surface area contributed by atoms with Crippen LogP contribution in [0.2, 0.25) is 0 Å². The fraction of sp³-hybridized carbons (Fsp3) is 0.500. The topological polar surface area (TPSA) is 34.9 Å². The zero-order valence-corrected chi connectivity index (χ0v) is 7.03. The zero-order chi connectivity index (χ0) is 8.48. The molecule has 0 fully saturated rings. The summed E-state index contributed by atoms with van der Waals surface area (Å²) < 4.78 is 1.60. The molecule has 0 aliphatic heterocycles. The highest BCUT2D eigenvalue weighted by Crippen LogP contribution is 2.08. The van der Waals surface area contributed by atoms with E-state index in [0.717, 1.165) is 0 Å². The van der Waals surface area contributed by atoms with Gasteiger partial charge in [-0.3, -0.25) is 4.57 Å². The third-order valence-electron chi connectivity index (χ3n) is 1.43. The SMILES string of the molecule is CC(C)(C)n1cccnc1=O. The van der Waals surface area contributed by atoms with Crippen molar-refractivity contribution in [3.8, 4) is 0 Å². The highest BCUT2D eigenvalue weighted by Gasteiger charge is 2.13. The van der Waals surface area contributed by atoms with Crippen molar-refractivity contribution < 1.29 is 0 Å². The minimum atomic E-state index is -0.194. The molecular formula is C8H12N2O. The summed E-state index contributed by atoms with van der Waals surface area (Å²) in [5, 5.41) is 0. The number of aromatic nitrogens is 2. The quantitative estimate of drug-likeness (QED) is 0.556. The monoisotopic (exact) mass is 152 g/mol. The van der Waals surface area contributed by atoms with Crippen LogP contribution in [-0.2, 0) is 5.54 Å². The lowest BCUT2D eigenvalue weighted by molar-refractivity contribution is 0.377. The number of hydrogen-bond acceptors (Lipinski definition) is 2. The van der Waals surface area contributed by atoms with Crippen molar-refractivity contribution >= 4 is 0 Å². The van der Waals surface area contributed by atoms with Crippen LogP contribution in [0.15, 0.2) is 23.3 Å². The molecule has 0 saturated heterocycles. The van der Waals surface area contributed by atoms with E-state index < -0.39 is 0 Å². The Morgan fingerprint density at radius 3 is 2.45 bits per heavy atom. The molecule has 0 radical (unpaired) electrons. The average molecular weight is 152 g/mol. The lowest BCUT2D eigenvalue weighted by Gasteiger charge is -2.20. The third kappa shape index (κ3) is 1.67. The fourth-order valence-electron chi connectivity index (χ4n) is 0.868. The summed E-state index contributed by atoms with van der Waals surface area (Å²) in [6.07, 6.45) is 3.25. The molecule has 0 N–H and O–H groups in total. The summed E-state index contributed by atoms with van der Waals surface area (Å²) in [7, 11) is 0. The molecule has 3 nitrogen and oxygen atoms in total. The second-order valence-corrected chi connectivity index (χ2v) is 3.44. The molecule has 0 amide bonds. The molecule has 0 atom stereocenters. The first kappa shape index (κ1) is 7.98. The van der Waals surface area contributed by atoms with Gasteiger partial charge in [-0.05, 0) is 26.8 Å². The molecule has 1 heterocycles. The van der Waals surface area contributed by atoms with Crippen LogP contribution in [-0.4, -0.2) is 9.55 Å². The fourth-order valence-corrected chi connectivity index (χ4v) is 0.868. The van der Waals surface area contributed by atoms with Crippen LogP contribution in [0.3, 0.4) is 0 Å². The molecule has 1 aromatic rings. The van der Waals surface area contributed by atoms with Gasteiger partial charge >= 0.3 is 5.69 Å². The number of nitrogens with zero attached hydrogens (tertiary/aromatic N) is 2. The van der Waals surface area contributed by atoms with Crippen molar-refractivity contribution in [3.05, 3.63) is 28.9 Å². The van der Waals surface area contributed by atoms with Gasteiger partial charge in [0.15, 0.2) is 0 Å². The molecule has 0 bridgehead atoms. The van der Waals surface area contributed by atoms with Crippen LogP contribution in [0.5, 0.6) is 0 Å². The zero-order valence-electron chi connectivity index (χ0n) is 7.03. The van der Waals surface area contributed by atoms with Crippen LogP contribution in [0.4, 0.5) is 0 Å². The summed E-state index contributed by atoms with van der Waals surface area (Å²) >= 11 is 0. The van der Waals surface area contributed by atoms with Gasteiger partial charge in [0.05, 0.1) is 0 Å². The number of rotatable bonds is 0. The molecule has 0 aliphatic carbocycles. The van der Waals surface area contributed by atoms with E-state index in [-0.39, 0.29) is 11.2 Å². The maximum absolute atomic E-state index is 11.1. The van der Waals surface area contributed by atoms with E-state index >= 15 is 0 Å². The summed E-state index contributed by atoms with van der Waals surface area (Å²) in [4.78, 5) is 14.8. The molecule has 1 rings (SSSR count). The van der Waals surface area contributed by atoms with Gasteiger partial charge in [0.1, 0.15) is 0 Å². The molecule has 0 unspecified atom stereocenters. The second kappa shape index (κ2) is 2.49. The van der Waals surface area contributed by atoms with E-state index in [1.165, 1.54) is 6.20 Å². The lowest BCUT2D eigenvalue weighted by Crippen LogP contribution is -2.34. The summed E-state index contributed by atoms with van der Waals surface area (Å²) in [5.74, 6) is 0. The van der Waals surface area contributed by atoms with E-state index in [0.29, 0.717) is 0 Å². The smallest absolute Gasteiger partial charge is 0.294 e. The molecule has 0 spiro atoms. The Bertz CT molecular complexity index is 295. The normalized spacial score (nSPS) is 11.5. The van der Waals surface area contributed by atoms with Crippen LogP contribution < -0.4 is 5.69 Å². The van der Waals surface area contributed by atoms with Gasteiger partial charge in [0.25, 0.3) is 0 Å². The average Bonchev–Trinajstić information content (AvgIpc) is 1.86. The first-order valence-corrected chi connectivity index (χ1v) is 3.56. The first-order chi connectivity index (χ1) is 5.02. The van der Waals surface area contributed by atoms with Crippen molar-refractivity contribution in [1.29, 1.82) is 0 Å². The largest absolute Gasteiger partial charge is 0.347 e. The van der Waals surface area contributed by atoms with E-state index in [9.17, 15) is 4.79 Å². The van der Waals surface area contributed by atoms with Gasteiger partial charge in [0, 0.05) is 17.9 Å². The van der Waals surface area contributed by atoms with E-state index in [2.05, 4.69) is 4.98 Å². The van der Waals surface area contributed by atoms with Crippen LogP contribution >= 0.6 is 0 Å². The maximum Gasteiger partial charge on any atom is 0.347 e. The van der Waals surface area contributed by atoms with Crippen LogP contribution in [0.25, 0.3) is 0 Å². The Labute approximate surface area is 65.7 Å². The van der Waals surface area contributed by atoms with Crippen molar-refractivity contribution in [1.82, 2.24) is 9.55 Å². The van der Waals surface area contributed by atoms with Crippen LogP contribution in [0.1, 0.15) is 20.8 Å². The Kier molecular flexibility index (Phi) is 1.81. The Morgan fingerprint density at radius 2 is 2.09 bits per heavy atom. The van der Waals surface area contributed by atoms with Crippen molar-refractivity contribution in [3.63, 3.8) is 0 Å². The van der Waals surface area contributed by atoms with Crippen molar-refractivity contribution in [2.45, 2.75) is 26.3 Å². The highest BCUT2D eigenvalue weighted by atomic mass is 16.1. The minimum Gasteiger partial charge on any atom is -0.294 e. The molecule has 3 heteroatoms. The Morgan fingerprint density at radius 1 is 1.45 bits per heavy atom. The standard InChI is InChI=1S/C8H12N2O/c1-8(2,3)10-6-4-5-9-7(10)11/h4-6H,1-3H3. The molecule has 0 saturated carbocycles. The van der Waals surface area contributed by atoms with E-state index in [1.807, 2.05) is 20.8 Å². The van der Waals surface area contributed by atoms with Crippen molar-refractivity contribution in [2.75, 3.05) is 0 Å². The molecule has 0 aliphatic rings. The lowest BCUT2D eigenvalue weighted by atomic mass is 10.1. The predicted octanol–water partition coefficient (Wildman–Crippen LogP) is 0.998. The summed E-state index contributed by atoms with van der Waals surface area (Å²) in [6.45, 7) is 5.90. The summed E-state index contributed by atoms with van der Waals surface area (Å²) in [5.41, 5.74) is -0.370. The molecule has 60 valence electrons. The Hall–Kier alpha value is -1.12. The van der Waals surface area contributed by atoms with Crippen LogP contribution in [0, 0.1) is 0 Å². The van der Waals surface area contributed by atoms with Gasteiger partial charge in [-0.1, -0.05) is 0 Å². The van der Waals surface area contributed by atoms with E-state index in [1.54, 1.807) is 16.8 Å². The molecule has 1 aromatic heterocycles. The van der Waals surface area contributed by atoms with Gasteiger partial charge in [-0.2, -0.15) is 0 Å². The second-order valence-electron chi connectivity index (χ2n) is 3.44. The number of hydrogen-bond donors (Lipinski definition) is 0. The maximum atomic E-state index is 11.1. The third-order valence-corrected chi connectivity index (χ3v) is 1.43. The molecule has 0 aromatic carbocycles. The first-order valence-electron chi connectivity index (χ1n) is 3.56. The molecular weight excluding hydrogens is 140 g/mol. The van der Waals surface area contributed by atoms with Gasteiger partial charge in [-0.15, -0.1) is 0 Å². The minimum absolute atomic E-state index is 0.175. The van der Waals surface area contributed by atoms with Gasteiger partial charge in [0.2, 0.25) is 0 Å². The summed E-state index contributed by atoms with van der Waals surface area (Å²) in [6, 6.07) is 1.76. The van der Waals surface area contributed by atoms with Gasteiger partial charge < -0.3 is 0 Å².